The Hall–Kier alpha value is -1.10. The molecule has 2 aliphatic rings. The summed E-state index contributed by atoms with van der Waals surface area (Å²) < 4.78 is 5.61. The van der Waals surface area contributed by atoms with Crippen LogP contribution in [-0.4, -0.2) is 30.1 Å². The Morgan fingerprint density at radius 1 is 1.08 bits per heavy atom. The van der Waals surface area contributed by atoms with E-state index in [1.54, 1.807) is 0 Å². The molecular weight excluding hydrogens is 316 g/mol. The maximum absolute atomic E-state index is 12.5. The lowest BCUT2D eigenvalue weighted by Gasteiger charge is -2.26. The Morgan fingerprint density at radius 3 is 2.32 bits per heavy atom. The van der Waals surface area contributed by atoms with E-state index in [1.807, 2.05) is 0 Å². The molecule has 0 aromatic carbocycles. The molecule has 5 heteroatoms. The molecule has 0 bridgehead atoms. The average Bonchev–Trinajstić information content (AvgIpc) is 3.06. The number of hydrogen-bond donors (Lipinski definition) is 2. The second-order valence-electron chi connectivity index (χ2n) is 8.41. The zero-order chi connectivity index (χ0) is 18.2. The van der Waals surface area contributed by atoms with E-state index in [-0.39, 0.29) is 18.0 Å². The molecule has 0 radical (unpaired) electrons. The van der Waals surface area contributed by atoms with Crippen molar-refractivity contribution in [2.45, 2.75) is 103 Å². The van der Waals surface area contributed by atoms with Gasteiger partial charge in [0, 0.05) is 12.5 Å². The zero-order valence-corrected chi connectivity index (χ0v) is 16.0. The minimum absolute atomic E-state index is 0.0242. The van der Waals surface area contributed by atoms with Gasteiger partial charge in [-0.2, -0.15) is 0 Å². The molecular formula is C20H36N2O3. The van der Waals surface area contributed by atoms with Crippen molar-refractivity contribution in [1.82, 2.24) is 5.32 Å². The summed E-state index contributed by atoms with van der Waals surface area (Å²) in [7, 11) is 0. The molecule has 0 heterocycles. The van der Waals surface area contributed by atoms with Gasteiger partial charge in [0.1, 0.15) is 12.1 Å². The SMILES string of the molecule is CC(C)C[C@H](NC(=O)CCC1CCC(N)CC1)C(=O)OC1CCCC1. The lowest BCUT2D eigenvalue weighted by atomic mass is 9.84. The fourth-order valence-electron chi connectivity index (χ4n) is 4.02. The van der Waals surface area contributed by atoms with E-state index in [0.717, 1.165) is 57.8 Å². The first kappa shape index (κ1) is 20.2. The highest BCUT2D eigenvalue weighted by Gasteiger charge is 2.28. The molecule has 25 heavy (non-hydrogen) atoms. The molecule has 3 N–H and O–H groups in total. The first-order valence-electron chi connectivity index (χ1n) is 10.2. The Balaban J connectivity index is 1.76. The van der Waals surface area contributed by atoms with Gasteiger partial charge in [-0.25, -0.2) is 4.79 Å². The van der Waals surface area contributed by atoms with E-state index in [1.165, 1.54) is 0 Å². The van der Waals surface area contributed by atoms with E-state index in [2.05, 4.69) is 19.2 Å². The van der Waals surface area contributed by atoms with E-state index in [9.17, 15) is 9.59 Å². The Morgan fingerprint density at radius 2 is 1.72 bits per heavy atom. The zero-order valence-electron chi connectivity index (χ0n) is 16.0. The maximum atomic E-state index is 12.5. The van der Waals surface area contributed by atoms with Crippen LogP contribution >= 0.6 is 0 Å². The van der Waals surface area contributed by atoms with Gasteiger partial charge >= 0.3 is 5.97 Å². The molecule has 2 fully saturated rings. The predicted molar refractivity (Wildman–Crippen MR) is 98.9 cm³/mol. The molecule has 5 nitrogen and oxygen atoms in total. The summed E-state index contributed by atoms with van der Waals surface area (Å²) in [4.78, 5) is 24.8. The van der Waals surface area contributed by atoms with Gasteiger partial charge in [0.2, 0.25) is 5.91 Å². The monoisotopic (exact) mass is 352 g/mol. The highest BCUT2D eigenvalue weighted by molar-refractivity contribution is 5.84. The molecule has 0 aliphatic heterocycles. The first-order valence-corrected chi connectivity index (χ1v) is 10.2. The van der Waals surface area contributed by atoms with Crippen LogP contribution in [0.4, 0.5) is 0 Å². The van der Waals surface area contributed by atoms with Crippen LogP contribution in [-0.2, 0) is 14.3 Å². The van der Waals surface area contributed by atoms with Gasteiger partial charge in [-0.15, -0.1) is 0 Å². The van der Waals surface area contributed by atoms with E-state index < -0.39 is 6.04 Å². The summed E-state index contributed by atoms with van der Waals surface area (Å²) >= 11 is 0. The van der Waals surface area contributed by atoms with Crippen LogP contribution in [0, 0.1) is 11.8 Å². The molecule has 2 saturated carbocycles. The van der Waals surface area contributed by atoms with Gasteiger partial charge in [-0.05, 0) is 76.0 Å². The van der Waals surface area contributed by atoms with Gasteiger partial charge in [-0.1, -0.05) is 13.8 Å². The number of rotatable bonds is 8. The third-order valence-corrected chi connectivity index (χ3v) is 5.58. The third kappa shape index (κ3) is 7.35. The topological polar surface area (TPSA) is 81.4 Å². The fraction of sp³-hybridized carbons (Fsp3) is 0.900. The Kier molecular flexibility index (Phi) is 8.20. The highest BCUT2D eigenvalue weighted by Crippen LogP contribution is 2.27. The molecule has 1 amide bonds. The number of nitrogens with two attached hydrogens (primary N) is 1. The van der Waals surface area contributed by atoms with Gasteiger partial charge in [0.25, 0.3) is 0 Å². The molecule has 0 aromatic rings. The number of esters is 1. The van der Waals surface area contributed by atoms with Crippen molar-refractivity contribution in [3.63, 3.8) is 0 Å². The van der Waals surface area contributed by atoms with Crippen LogP contribution in [0.3, 0.4) is 0 Å². The number of carbonyl (C=O) groups excluding carboxylic acids is 2. The summed E-state index contributed by atoms with van der Waals surface area (Å²) in [6.45, 7) is 4.13. The minimum atomic E-state index is -0.507. The predicted octanol–water partition coefficient (Wildman–Crippen LogP) is 3.30. The minimum Gasteiger partial charge on any atom is -0.461 e. The van der Waals surface area contributed by atoms with Gasteiger partial charge in [0.15, 0.2) is 0 Å². The van der Waals surface area contributed by atoms with E-state index in [0.29, 0.717) is 30.7 Å². The summed E-state index contributed by atoms with van der Waals surface area (Å²) in [5.41, 5.74) is 5.93. The second kappa shape index (κ2) is 10.1. The lowest BCUT2D eigenvalue weighted by Crippen LogP contribution is -2.43. The van der Waals surface area contributed by atoms with Crippen LogP contribution in [0.5, 0.6) is 0 Å². The third-order valence-electron chi connectivity index (χ3n) is 5.58. The first-order chi connectivity index (χ1) is 11.9. The normalized spacial score (nSPS) is 25.8. The number of ether oxygens (including phenoxy) is 1. The van der Waals surface area contributed by atoms with Crippen LogP contribution in [0.15, 0.2) is 0 Å². The molecule has 0 aromatic heterocycles. The molecule has 0 saturated heterocycles. The smallest absolute Gasteiger partial charge is 0.328 e. The lowest BCUT2D eigenvalue weighted by molar-refractivity contribution is -0.153. The van der Waals surface area contributed by atoms with E-state index >= 15 is 0 Å². The van der Waals surface area contributed by atoms with Gasteiger partial charge < -0.3 is 15.8 Å². The standard InChI is InChI=1S/C20H36N2O3/c1-14(2)13-18(20(24)25-17-5-3-4-6-17)22-19(23)12-9-15-7-10-16(21)11-8-15/h14-18H,3-13,21H2,1-2H3,(H,22,23)/t15?,16?,18-/m0/s1. The molecule has 2 aliphatic carbocycles. The molecule has 144 valence electrons. The molecule has 1 atom stereocenters. The Bertz CT molecular complexity index is 425. The molecule has 0 spiro atoms. The number of nitrogens with one attached hydrogen (secondary N) is 1. The van der Waals surface area contributed by atoms with Crippen LogP contribution in [0.25, 0.3) is 0 Å². The summed E-state index contributed by atoms with van der Waals surface area (Å²) in [6.07, 6.45) is 10.6. The number of carbonyl (C=O) groups is 2. The van der Waals surface area contributed by atoms with E-state index in [4.69, 9.17) is 10.5 Å². The molecule has 2 rings (SSSR count). The van der Waals surface area contributed by atoms with Crippen LogP contribution < -0.4 is 11.1 Å². The largest absolute Gasteiger partial charge is 0.461 e. The summed E-state index contributed by atoms with van der Waals surface area (Å²) in [6, 6.07) is -0.168. The summed E-state index contributed by atoms with van der Waals surface area (Å²) in [5.74, 6) is 0.655. The Labute approximate surface area is 152 Å². The maximum Gasteiger partial charge on any atom is 0.328 e. The second-order valence-corrected chi connectivity index (χ2v) is 8.41. The molecule has 0 unspecified atom stereocenters. The number of hydrogen-bond acceptors (Lipinski definition) is 4. The van der Waals surface area contributed by atoms with Crippen molar-refractivity contribution in [1.29, 1.82) is 0 Å². The fourth-order valence-corrected chi connectivity index (χ4v) is 4.02. The van der Waals surface area contributed by atoms with Crippen molar-refractivity contribution < 1.29 is 14.3 Å². The van der Waals surface area contributed by atoms with Gasteiger partial charge in [-0.3, -0.25) is 4.79 Å². The summed E-state index contributed by atoms with van der Waals surface area (Å²) in [5, 5.41) is 2.93. The van der Waals surface area contributed by atoms with Crippen molar-refractivity contribution in [2.75, 3.05) is 0 Å². The van der Waals surface area contributed by atoms with Crippen molar-refractivity contribution in [3.05, 3.63) is 0 Å². The average molecular weight is 353 g/mol. The highest BCUT2D eigenvalue weighted by atomic mass is 16.5. The van der Waals surface area contributed by atoms with Crippen LogP contribution in [0.2, 0.25) is 0 Å². The van der Waals surface area contributed by atoms with Gasteiger partial charge in [0.05, 0.1) is 0 Å². The van der Waals surface area contributed by atoms with Crippen molar-refractivity contribution >= 4 is 11.9 Å². The van der Waals surface area contributed by atoms with Crippen LogP contribution in [0.1, 0.15) is 84.5 Å². The van der Waals surface area contributed by atoms with Crippen molar-refractivity contribution in [2.24, 2.45) is 17.6 Å². The number of amides is 1. The van der Waals surface area contributed by atoms with Crippen molar-refractivity contribution in [3.8, 4) is 0 Å². The quantitative estimate of drug-likeness (QED) is 0.657.